The molecule has 108 valence electrons. The van der Waals surface area contributed by atoms with E-state index in [1.54, 1.807) is 13.8 Å². The lowest BCUT2D eigenvalue weighted by molar-refractivity contribution is 0.463. The van der Waals surface area contributed by atoms with Crippen molar-refractivity contribution in [2.24, 2.45) is 0 Å². The van der Waals surface area contributed by atoms with Crippen LogP contribution in [-0.2, 0) is 16.6 Å². The lowest BCUT2D eigenvalue weighted by atomic mass is 10.4. The van der Waals surface area contributed by atoms with Crippen molar-refractivity contribution < 1.29 is 12.8 Å². The molecule has 1 N–H and O–H groups in total. The quantitative estimate of drug-likeness (QED) is 0.932. The Morgan fingerprint density at radius 1 is 1.30 bits per heavy atom. The third-order valence-electron chi connectivity index (χ3n) is 2.67. The van der Waals surface area contributed by atoms with E-state index in [1.165, 1.54) is 18.2 Å². The van der Waals surface area contributed by atoms with Crippen LogP contribution in [0.2, 0.25) is 10.0 Å². The van der Waals surface area contributed by atoms with Gasteiger partial charge in [-0.05, 0) is 32.0 Å². The molecule has 0 saturated heterocycles. The highest BCUT2D eigenvalue weighted by atomic mass is 35.5. The highest BCUT2D eigenvalue weighted by Crippen LogP contribution is 2.25. The van der Waals surface area contributed by atoms with Crippen molar-refractivity contribution in [3.05, 3.63) is 45.6 Å². The van der Waals surface area contributed by atoms with E-state index in [9.17, 15) is 8.42 Å². The van der Waals surface area contributed by atoms with Gasteiger partial charge in [0.25, 0.3) is 0 Å². The molecule has 5 nitrogen and oxygen atoms in total. The molecule has 2 rings (SSSR count). The number of sulfonamides is 1. The molecule has 0 aliphatic heterocycles. The summed E-state index contributed by atoms with van der Waals surface area (Å²) in [5.74, 6) is 0.946. The van der Waals surface area contributed by atoms with Crippen LogP contribution in [0.3, 0.4) is 0 Å². The predicted octanol–water partition coefficient (Wildman–Crippen LogP) is 3.08. The maximum atomic E-state index is 12.1. The number of hydrogen-bond acceptors (Lipinski definition) is 4. The van der Waals surface area contributed by atoms with Gasteiger partial charge in [-0.3, -0.25) is 0 Å². The molecule has 1 aromatic carbocycles. The fourth-order valence-electron chi connectivity index (χ4n) is 1.53. The van der Waals surface area contributed by atoms with Crippen LogP contribution in [0.15, 0.2) is 27.5 Å². The van der Waals surface area contributed by atoms with Crippen molar-refractivity contribution >= 4 is 33.2 Å². The summed E-state index contributed by atoms with van der Waals surface area (Å²) in [5, 5.41) is 0.388. The lowest BCUT2D eigenvalue weighted by Crippen LogP contribution is -2.23. The van der Waals surface area contributed by atoms with E-state index in [-0.39, 0.29) is 21.5 Å². The van der Waals surface area contributed by atoms with Crippen LogP contribution in [0, 0.1) is 13.8 Å². The van der Waals surface area contributed by atoms with Crippen LogP contribution in [0.25, 0.3) is 0 Å². The second-order valence-electron chi connectivity index (χ2n) is 4.15. The van der Waals surface area contributed by atoms with Gasteiger partial charge in [0.15, 0.2) is 0 Å². The summed E-state index contributed by atoms with van der Waals surface area (Å²) >= 11 is 11.7. The van der Waals surface area contributed by atoms with Crippen LogP contribution < -0.4 is 4.72 Å². The summed E-state index contributed by atoms with van der Waals surface area (Å²) in [6.45, 7) is 3.48. The Morgan fingerprint density at radius 3 is 2.60 bits per heavy atom. The van der Waals surface area contributed by atoms with E-state index in [0.29, 0.717) is 11.7 Å². The van der Waals surface area contributed by atoms with Gasteiger partial charge < -0.3 is 4.42 Å². The average molecular weight is 335 g/mol. The van der Waals surface area contributed by atoms with Crippen LogP contribution in [0.4, 0.5) is 0 Å². The van der Waals surface area contributed by atoms with E-state index >= 15 is 0 Å². The van der Waals surface area contributed by atoms with E-state index in [4.69, 9.17) is 27.6 Å². The lowest BCUT2D eigenvalue weighted by Gasteiger charge is -2.07. The molecule has 20 heavy (non-hydrogen) atoms. The minimum atomic E-state index is -3.78. The zero-order valence-corrected chi connectivity index (χ0v) is 13.1. The number of aromatic nitrogens is 1. The average Bonchev–Trinajstić information content (AvgIpc) is 2.69. The third kappa shape index (κ3) is 3.32. The molecule has 1 heterocycles. The summed E-state index contributed by atoms with van der Waals surface area (Å²) < 4.78 is 32.0. The molecule has 1 aromatic heterocycles. The van der Waals surface area contributed by atoms with Gasteiger partial charge in [-0.1, -0.05) is 23.2 Å². The van der Waals surface area contributed by atoms with E-state index in [2.05, 4.69) is 9.71 Å². The largest absolute Gasteiger partial charge is 0.444 e. The molecule has 0 aliphatic rings. The summed E-state index contributed by atoms with van der Waals surface area (Å²) in [4.78, 5) is 4.02. The molecule has 0 unspecified atom stereocenters. The topological polar surface area (TPSA) is 72.2 Å². The summed E-state index contributed by atoms with van der Waals surface area (Å²) in [6, 6.07) is 4.24. The van der Waals surface area contributed by atoms with Crippen LogP contribution >= 0.6 is 23.2 Å². The van der Waals surface area contributed by atoms with Crippen molar-refractivity contribution in [3.63, 3.8) is 0 Å². The van der Waals surface area contributed by atoms with Crippen LogP contribution in [0.5, 0.6) is 0 Å². The van der Waals surface area contributed by atoms with Crippen molar-refractivity contribution in [1.29, 1.82) is 0 Å². The van der Waals surface area contributed by atoms with Crippen molar-refractivity contribution in [2.45, 2.75) is 25.3 Å². The fourth-order valence-corrected chi connectivity index (χ4v) is 3.27. The molecule has 0 saturated carbocycles. The van der Waals surface area contributed by atoms with Gasteiger partial charge in [0.2, 0.25) is 15.9 Å². The predicted molar refractivity (Wildman–Crippen MR) is 76.5 cm³/mol. The summed E-state index contributed by atoms with van der Waals surface area (Å²) in [7, 11) is -3.78. The first-order valence-corrected chi connectivity index (χ1v) is 7.91. The maximum Gasteiger partial charge on any atom is 0.242 e. The molecule has 0 amide bonds. The van der Waals surface area contributed by atoms with Crippen molar-refractivity contribution in [3.8, 4) is 0 Å². The zero-order valence-electron chi connectivity index (χ0n) is 10.8. The zero-order chi connectivity index (χ0) is 14.9. The molecular weight excluding hydrogens is 323 g/mol. The molecule has 2 aromatic rings. The Labute approximate surface area is 127 Å². The number of halogens is 2. The molecule has 8 heteroatoms. The van der Waals surface area contributed by atoms with Gasteiger partial charge >= 0.3 is 0 Å². The van der Waals surface area contributed by atoms with Crippen molar-refractivity contribution in [1.82, 2.24) is 9.71 Å². The van der Waals surface area contributed by atoms with Gasteiger partial charge in [0.05, 0.1) is 17.3 Å². The van der Waals surface area contributed by atoms with Gasteiger partial charge in [0.1, 0.15) is 10.7 Å². The Morgan fingerprint density at radius 2 is 2.00 bits per heavy atom. The number of rotatable bonds is 4. The number of oxazole rings is 1. The second-order valence-corrected chi connectivity index (χ2v) is 6.73. The highest BCUT2D eigenvalue weighted by Gasteiger charge is 2.19. The molecular formula is C12H12Cl2N2O3S. The van der Waals surface area contributed by atoms with E-state index < -0.39 is 10.0 Å². The Bertz CT molecular complexity index is 722. The second kappa shape index (κ2) is 5.73. The standard InChI is InChI=1S/C12H12Cl2N2O3S/c1-7-8(2)19-12(16-7)6-15-20(17,18)11-5-9(13)3-4-10(11)14/h3-5,15H,6H2,1-2H3. The fraction of sp³-hybridized carbons (Fsp3) is 0.250. The number of nitrogens with zero attached hydrogens (tertiary/aromatic N) is 1. The molecule has 0 fully saturated rings. The van der Waals surface area contributed by atoms with Gasteiger partial charge in [-0.2, -0.15) is 0 Å². The molecule has 0 atom stereocenters. The van der Waals surface area contributed by atoms with E-state index in [1.807, 2.05) is 0 Å². The smallest absolute Gasteiger partial charge is 0.242 e. The maximum absolute atomic E-state index is 12.1. The Kier molecular flexibility index (Phi) is 4.39. The molecule has 0 bridgehead atoms. The first kappa shape index (κ1) is 15.3. The molecule has 0 radical (unpaired) electrons. The number of hydrogen-bond donors (Lipinski definition) is 1. The van der Waals surface area contributed by atoms with Gasteiger partial charge in [0, 0.05) is 5.02 Å². The Balaban J connectivity index is 2.21. The van der Waals surface area contributed by atoms with E-state index in [0.717, 1.165) is 5.69 Å². The minimum Gasteiger partial charge on any atom is -0.444 e. The first-order valence-electron chi connectivity index (χ1n) is 5.67. The monoisotopic (exact) mass is 334 g/mol. The summed E-state index contributed by atoms with van der Waals surface area (Å²) in [6.07, 6.45) is 0. The number of nitrogens with one attached hydrogen (secondary N) is 1. The van der Waals surface area contributed by atoms with Crippen molar-refractivity contribution in [2.75, 3.05) is 0 Å². The SMILES string of the molecule is Cc1nc(CNS(=O)(=O)c2cc(Cl)ccc2Cl)oc1C. The van der Waals surface area contributed by atoms with Gasteiger partial charge in [-0.25, -0.2) is 18.1 Å². The van der Waals surface area contributed by atoms with Crippen LogP contribution in [0.1, 0.15) is 17.3 Å². The minimum absolute atomic E-state index is 0.0557. The highest BCUT2D eigenvalue weighted by molar-refractivity contribution is 7.89. The number of aryl methyl sites for hydroxylation is 2. The summed E-state index contributed by atoms with van der Waals surface area (Å²) in [5.41, 5.74) is 0.722. The Hall–Kier alpha value is -1.08. The van der Waals surface area contributed by atoms with Crippen LogP contribution in [-0.4, -0.2) is 13.4 Å². The normalized spacial score (nSPS) is 11.8. The molecule has 0 spiro atoms. The molecule has 0 aliphatic carbocycles. The number of benzene rings is 1. The third-order valence-corrected chi connectivity index (χ3v) is 4.79. The first-order chi connectivity index (χ1) is 9.29. The van der Waals surface area contributed by atoms with Gasteiger partial charge in [-0.15, -0.1) is 0 Å².